The minimum atomic E-state index is 0. The average molecular weight is 261 g/mol. The van der Waals surface area contributed by atoms with Crippen molar-refractivity contribution in [1.29, 1.82) is 0 Å². The molecular weight excluding hydrogens is 243 g/mol. The minimum absolute atomic E-state index is 0. The van der Waals surface area contributed by atoms with Crippen LogP contribution in [-0.4, -0.2) is 10.5 Å². The van der Waals surface area contributed by atoms with E-state index >= 15 is 0 Å². The molecule has 1 N–H and O–H groups in total. The number of nitrogens with one attached hydrogen (secondary N) is 1. The van der Waals surface area contributed by atoms with Gasteiger partial charge in [0.1, 0.15) is 5.15 Å². The van der Waals surface area contributed by atoms with Crippen molar-refractivity contribution in [3.8, 4) is 0 Å². The van der Waals surface area contributed by atoms with E-state index in [1.807, 2.05) is 18.3 Å². The Hall–Kier alpha value is -0.310. The largest absolute Gasteiger partial charge is 0.307 e. The molecule has 4 heteroatoms. The molecule has 1 aliphatic rings. The van der Waals surface area contributed by atoms with E-state index < -0.39 is 0 Å². The molecule has 0 aromatic carbocycles. The smallest absolute Gasteiger partial charge is 0.129 e. The molecule has 1 heterocycles. The number of nitrogens with zero attached hydrogens (tertiary/aromatic N) is 1. The van der Waals surface area contributed by atoms with Gasteiger partial charge in [0.05, 0.1) is 0 Å². The molecular formula is C12H18Cl2N2. The lowest BCUT2D eigenvalue weighted by molar-refractivity contribution is 0.175. The fourth-order valence-electron chi connectivity index (χ4n) is 2.06. The van der Waals surface area contributed by atoms with Gasteiger partial charge in [0.15, 0.2) is 0 Å². The summed E-state index contributed by atoms with van der Waals surface area (Å²) in [5, 5.41) is 4.20. The van der Waals surface area contributed by atoms with Crippen LogP contribution in [0.5, 0.6) is 0 Å². The molecule has 1 saturated carbocycles. The molecule has 1 aromatic heterocycles. The molecule has 0 radical (unpaired) electrons. The zero-order chi connectivity index (χ0) is 10.7. The zero-order valence-corrected chi connectivity index (χ0v) is 11.1. The van der Waals surface area contributed by atoms with Crippen molar-refractivity contribution in [3.05, 3.63) is 29.0 Å². The monoisotopic (exact) mass is 260 g/mol. The van der Waals surface area contributed by atoms with Crippen molar-refractivity contribution in [2.75, 3.05) is 0 Å². The molecule has 0 amide bonds. The van der Waals surface area contributed by atoms with Gasteiger partial charge in [-0.25, -0.2) is 4.98 Å². The van der Waals surface area contributed by atoms with Crippen LogP contribution in [0.25, 0.3) is 0 Å². The summed E-state index contributed by atoms with van der Waals surface area (Å²) in [5.41, 5.74) is 1.61. The van der Waals surface area contributed by atoms with Crippen LogP contribution in [0.1, 0.15) is 38.2 Å². The number of aromatic nitrogens is 1. The highest BCUT2D eigenvalue weighted by Gasteiger charge is 2.34. The Kier molecular flexibility index (Phi) is 5.03. The molecule has 0 unspecified atom stereocenters. The second-order valence-electron chi connectivity index (χ2n) is 4.33. The Morgan fingerprint density at radius 3 is 2.62 bits per heavy atom. The molecule has 0 atom stereocenters. The first-order chi connectivity index (χ1) is 7.24. The van der Waals surface area contributed by atoms with E-state index in [0.29, 0.717) is 10.7 Å². The number of rotatable bonds is 4. The Labute approximate surface area is 108 Å². The fraction of sp³-hybridized carbons (Fsp3) is 0.583. The lowest BCUT2D eigenvalue weighted by Crippen LogP contribution is -2.49. The minimum Gasteiger partial charge on any atom is -0.307 e. The van der Waals surface area contributed by atoms with Crippen LogP contribution in [-0.2, 0) is 6.54 Å². The van der Waals surface area contributed by atoms with E-state index in [1.165, 1.54) is 31.2 Å². The summed E-state index contributed by atoms with van der Waals surface area (Å²) >= 11 is 5.74. The Morgan fingerprint density at radius 1 is 1.44 bits per heavy atom. The predicted octanol–water partition coefficient (Wildman–Crippen LogP) is 3.58. The molecule has 0 saturated heterocycles. The standard InChI is InChI=1S/C12H17ClN2.ClH/c1-2-12(6-3-7-12)15-9-10-4-5-11(13)14-8-10;/h4-5,8,15H,2-3,6-7,9H2,1H3;1H. The number of pyridine rings is 1. The van der Waals surface area contributed by atoms with Crippen LogP contribution in [0.2, 0.25) is 5.15 Å². The summed E-state index contributed by atoms with van der Waals surface area (Å²) in [6.45, 7) is 3.16. The van der Waals surface area contributed by atoms with Gasteiger partial charge in [-0.1, -0.05) is 24.6 Å². The molecule has 0 aliphatic heterocycles. The first-order valence-corrected chi connectivity index (χ1v) is 5.97. The summed E-state index contributed by atoms with van der Waals surface area (Å²) in [7, 11) is 0. The van der Waals surface area contributed by atoms with Gasteiger partial charge in [-0.2, -0.15) is 0 Å². The molecule has 0 spiro atoms. The van der Waals surface area contributed by atoms with E-state index in [9.17, 15) is 0 Å². The Morgan fingerprint density at radius 2 is 2.19 bits per heavy atom. The van der Waals surface area contributed by atoms with Gasteiger partial charge in [0, 0.05) is 18.3 Å². The van der Waals surface area contributed by atoms with E-state index in [4.69, 9.17) is 11.6 Å². The lowest BCUT2D eigenvalue weighted by Gasteiger charge is -2.42. The van der Waals surface area contributed by atoms with Gasteiger partial charge < -0.3 is 5.32 Å². The highest BCUT2D eigenvalue weighted by Crippen LogP contribution is 2.34. The Bertz CT molecular complexity index is 315. The van der Waals surface area contributed by atoms with Crippen molar-refractivity contribution in [2.45, 2.75) is 44.7 Å². The van der Waals surface area contributed by atoms with Crippen LogP contribution >= 0.6 is 24.0 Å². The van der Waals surface area contributed by atoms with E-state index in [-0.39, 0.29) is 12.4 Å². The summed E-state index contributed by atoms with van der Waals surface area (Å²) in [5.74, 6) is 0. The van der Waals surface area contributed by atoms with Gasteiger partial charge in [-0.3, -0.25) is 0 Å². The molecule has 2 rings (SSSR count). The molecule has 1 aromatic rings. The summed E-state index contributed by atoms with van der Waals surface area (Å²) in [6, 6.07) is 3.88. The van der Waals surface area contributed by atoms with Crippen LogP contribution in [0, 0.1) is 0 Å². The van der Waals surface area contributed by atoms with Crippen molar-refractivity contribution in [2.24, 2.45) is 0 Å². The molecule has 0 bridgehead atoms. The quantitative estimate of drug-likeness (QED) is 0.838. The van der Waals surface area contributed by atoms with Crippen molar-refractivity contribution < 1.29 is 0 Å². The first kappa shape index (κ1) is 13.8. The fourth-order valence-corrected chi connectivity index (χ4v) is 2.17. The SMILES string of the molecule is CCC1(NCc2ccc(Cl)nc2)CCC1.Cl. The van der Waals surface area contributed by atoms with Crippen molar-refractivity contribution in [1.82, 2.24) is 10.3 Å². The molecule has 1 fully saturated rings. The second kappa shape index (κ2) is 5.85. The average Bonchev–Trinajstić information content (AvgIpc) is 2.20. The van der Waals surface area contributed by atoms with E-state index in [1.54, 1.807) is 0 Å². The van der Waals surface area contributed by atoms with Gasteiger partial charge in [-0.05, 0) is 37.3 Å². The maximum atomic E-state index is 5.74. The van der Waals surface area contributed by atoms with Crippen molar-refractivity contribution in [3.63, 3.8) is 0 Å². The summed E-state index contributed by atoms with van der Waals surface area (Å²) in [6.07, 6.45) is 7.04. The van der Waals surface area contributed by atoms with E-state index in [2.05, 4.69) is 17.2 Å². The third-order valence-electron chi connectivity index (χ3n) is 3.44. The van der Waals surface area contributed by atoms with Crippen LogP contribution < -0.4 is 5.32 Å². The molecule has 90 valence electrons. The number of halogens is 2. The molecule has 1 aliphatic carbocycles. The molecule has 16 heavy (non-hydrogen) atoms. The van der Waals surface area contributed by atoms with Gasteiger partial charge >= 0.3 is 0 Å². The summed E-state index contributed by atoms with van der Waals surface area (Å²) in [4.78, 5) is 4.07. The summed E-state index contributed by atoms with van der Waals surface area (Å²) < 4.78 is 0. The highest BCUT2D eigenvalue weighted by atomic mass is 35.5. The zero-order valence-electron chi connectivity index (χ0n) is 9.50. The van der Waals surface area contributed by atoms with Crippen molar-refractivity contribution >= 4 is 24.0 Å². The highest BCUT2D eigenvalue weighted by molar-refractivity contribution is 6.29. The van der Waals surface area contributed by atoms with Gasteiger partial charge in [0.2, 0.25) is 0 Å². The van der Waals surface area contributed by atoms with Crippen LogP contribution in [0.15, 0.2) is 18.3 Å². The maximum absolute atomic E-state index is 5.74. The van der Waals surface area contributed by atoms with E-state index in [0.717, 1.165) is 6.54 Å². The lowest BCUT2D eigenvalue weighted by atomic mass is 9.75. The van der Waals surface area contributed by atoms with Gasteiger partial charge in [-0.15, -0.1) is 12.4 Å². The maximum Gasteiger partial charge on any atom is 0.129 e. The van der Waals surface area contributed by atoms with Crippen LogP contribution in [0.3, 0.4) is 0 Å². The first-order valence-electron chi connectivity index (χ1n) is 5.60. The Balaban J connectivity index is 0.00000128. The second-order valence-corrected chi connectivity index (χ2v) is 4.72. The predicted molar refractivity (Wildman–Crippen MR) is 70.2 cm³/mol. The number of hydrogen-bond acceptors (Lipinski definition) is 2. The number of hydrogen-bond donors (Lipinski definition) is 1. The normalized spacial score (nSPS) is 17.4. The van der Waals surface area contributed by atoms with Crippen LogP contribution in [0.4, 0.5) is 0 Å². The molecule has 2 nitrogen and oxygen atoms in total. The van der Waals surface area contributed by atoms with Gasteiger partial charge in [0.25, 0.3) is 0 Å². The topological polar surface area (TPSA) is 24.9 Å². The third kappa shape index (κ3) is 3.09. The third-order valence-corrected chi connectivity index (χ3v) is 3.67.